The van der Waals surface area contributed by atoms with Gasteiger partial charge in [-0.2, -0.15) is 0 Å². The zero-order valence-electron chi connectivity index (χ0n) is 47.2. The molecule has 11 aromatic rings. The van der Waals surface area contributed by atoms with Crippen molar-refractivity contribution in [3.8, 4) is 44.5 Å². The third kappa shape index (κ3) is 12.3. The van der Waals surface area contributed by atoms with Crippen molar-refractivity contribution >= 4 is 6.21 Å². The quantitative estimate of drug-likeness (QED) is 0.114. The van der Waals surface area contributed by atoms with Crippen LogP contribution >= 0.6 is 0 Å². The number of fused-ring (bicyclic) bond motifs is 3. The molecule has 0 heterocycles. The average Bonchev–Trinajstić information content (AvgIpc) is 3.88. The van der Waals surface area contributed by atoms with Crippen molar-refractivity contribution in [2.24, 2.45) is 4.99 Å². The van der Waals surface area contributed by atoms with Crippen LogP contribution in [0.2, 0.25) is 0 Å². The van der Waals surface area contributed by atoms with E-state index in [0.717, 1.165) is 18.4 Å². The summed E-state index contributed by atoms with van der Waals surface area (Å²) in [6.07, 6.45) is 3.76. The summed E-state index contributed by atoms with van der Waals surface area (Å²) in [5, 5.41) is 3.80. The molecule has 0 radical (unpaired) electrons. The standard InChI is InChI=1S/C39H40N2.C26H20.C13H12/c1-29-21-24-31(25-22-29)34-26-23-30(2)37(28-34)36-20-12-11-14-32(36)17-13-27-40-38(33-15-7-5-8-16-33)41-39(3,4)35-18-9-6-10-19-35;1-19-16-17-25-23(18-19)22-14-8-9-15-24(22)26(25,20-10-4-2-5-11-20)21-12-6-3-7-13-21;1-11-7-9-13(10-8-11)12-5-3-2-4-6-12/h5-12,14-16,18-28,38,41H,13,17H2,1-4H3;2-18H,1H3;2-10H,1H3/b40-27-;;. The van der Waals surface area contributed by atoms with E-state index in [4.69, 9.17) is 4.99 Å². The Morgan fingerprint density at radius 1 is 0.400 bits per heavy atom. The molecule has 1 N–H and O–H groups in total. The summed E-state index contributed by atoms with van der Waals surface area (Å²) in [6.45, 7) is 13.1. The van der Waals surface area contributed by atoms with Crippen LogP contribution in [0.15, 0.2) is 290 Å². The summed E-state index contributed by atoms with van der Waals surface area (Å²) in [5.41, 5.74) is 24.2. The zero-order chi connectivity index (χ0) is 55.3. The molecule has 12 rings (SSSR count). The summed E-state index contributed by atoms with van der Waals surface area (Å²) in [5.74, 6) is 0. The van der Waals surface area contributed by atoms with Crippen LogP contribution in [0.5, 0.6) is 0 Å². The van der Waals surface area contributed by atoms with E-state index in [1.807, 2.05) is 6.07 Å². The Bertz CT molecular complexity index is 3730. The number of aryl methyl sites for hydroxylation is 5. The van der Waals surface area contributed by atoms with Crippen LogP contribution in [0.3, 0.4) is 0 Å². The lowest BCUT2D eigenvalue weighted by Crippen LogP contribution is -2.38. The van der Waals surface area contributed by atoms with E-state index in [1.54, 1.807) is 0 Å². The lowest BCUT2D eigenvalue weighted by molar-refractivity contribution is 0.350. The Balaban J connectivity index is 0.000000155. The number of hydrogen-bond donors (Lipinski definition) is 1. The molecule has 0 fully saturated rings. The lowest BCUT2D eigenvalue weighted by atomic mass is 9.68. The molecular formula is C78H72N2. The van der Waals surface area contributed by atoms with E-state index < -0.39 is 0 Å². The van der Waals surface area contributed by atoms with Gasteiger partial charge in [-0.1, -0.05) is 296 Å². The Morgan fingerprint density at radius 2 is 0.863 bits per heavy atom. The summed E-state index contributed by atoms with van der Waals surface area (Å²) >= 11 is 0. The number of rotatable bonds is 13. The number of nitrogens with one attached hydrogen (secondary N) is 1. The van der Waals surface area contributed by atoms with Crippen molar-refractivity contribution in [3.63, 3.8) is 0 Å². The van der Waals surface area contributed by atoms with Crippen LogP contribution in [-0.2, 0) is 17.4 Å². The first kappa shape index (κ1) is 54.4. The highest BCUT2D eigenvalue weighted by atomic mass is 15.1. The molecule has 0 saturated heterocycles. The van der Waals surface area contributed by atoms with Gasteiger partial charge in [0, 0.05) is 11.8 Å². The number of nitrogens with zero attached hydrogens (tertiary/aromatic N) is 1. The summed E-state index contributed by atoms with van der Waals surface area (Å²) in [6, 6.07) is 102. The SMILES string of the molecule is Cc1ccc(-c2ccc(C)c(-c3ccccc3CC/C=N\C(NC(C)(C)c3ccccc3)c3ccccc3)c2)cc1.Cc1ccc(-c2ccccc2)cc1.Cc1ccc2c(c1)-c1ccccc1C2(c1ccccc1)c1ccccc1. The first-order valence-corrected chi connectivity index (χ1v) is 28.2. The Hall–Kier alpha value is -8.95. The van der Waals surface area contributed by atoms with Crippen molar-refractivity contribution in [2.75, 3.05) is 0 Å². The van der Waals surface area contributed by atoms with Crippen LogP contribution in [0.4, 0.5) is 0 Å². The Labute approximate surface area is 476 Å². The van der Waals surface area contributed by atoms with Gasteiger partial charge in [-0.05, 0) is 149 Å². The molecular weight excluding hydrogens is 965 g/mol. The molecule has 80 heavy (non-hydrogen) atoms. The van der Waals surface area contributed by atoms with Crippen LogP contribution in [-0.4, -0.2) is 6.21 Å². The molecule has 2 heteroatoms. The van der Waals surface area contributed by atoms with Crippen LogP contribution < -0.4 is 5.32 Å². The molecule has 0 aliphatic heterocycles. The predicted molar refractivity (Wildman–Crippen MR) is 340 cm³/mol. The monoisotopic (exact) mass is 1040 g/mol. The normalized spacial score (nSPS) is 12.5. The maximum atomic E-state index is 5.06. The lowest BCUT2D eigenvalue weighted by Gasteiger charge is -2.33. The molecule has 1 atom stereocenters. The molecule has 394 valence electrons. The van der Waals surface area contributed by atoms with Crippen molar-refractivity contribution in [3.05, 3.63) is 346 Å². The number of benzene rings is 11. The van der Waals surface area contributed by atoms with E-state index >= 15 is 0 Å². The maximum Gasteiger partial charge on any atom is 0.125 e. The largest absolute Gasteiger partial charge is 0.283 e. The molecule has 1 aliphatic carbocycles. The average molecular weight is 1040 g/mol. The molecule has 1 unspecified atom stereocenters. The van der Waals surface area contributed by atoms with Crippen molar-refractivity contribution in [1.82, 2.24) is 5.32 Å². The fourth-order valence-electron chi connectivity index (χ4n) is 11.3. The second-order valence-corrected chi connectivity index (χ2v) is 21.7. The van der Waals surface area contributed by atoms with Gasteiger partial charge in [-0.3, -0.25) is 10.3 Å². The molecule has 0 bridgehead atoms. The van der Waals surface area contributed by atoms with Gasteiger partial charge in [0.1, 0.15) is 6.17 Å². The first-order valence-electron chi connectivity index (χ1n) is 28.2. The minimum absolute atomic E-state index is 0.130. The topological polar surface area (TPSA) is 24.4 Å². The van der Waals surface area contributed by atoms with Gasteiger partial charge in [-0.25, -0.2) is 0 Å². The number of hydrogen-bond acceptors (Lipinski definition) is 2. The Morgan fingerprint density at radius 3 is 1.48 bits per heavy atom. The van der Waals surface area contributed by atoms with Crippen LogP contribution in [0, 0.1) is 27.7 Å². The molecule has 0 aromatic heterocycles. The third-order valence-corrected chi connectivity index (χ3v) is 15.6. The maximum absolute atomic E-state index is 5.06. The van der Waals surface area contributed by atoms with Gasteiger partial charge in [0.15, 0.2) is 0 Å². The fraction of sp³-hybridized carbons (Fsp3) is 0.141. The van der Waals surface area contributed by atoms with Crippen molar-refractivity contribution in [1.29, 1.82) is 0 Å². The van der Waals surface area contributed by atoms with E-state index in [-0.39, 0.29) is 17.1 Å². The van der Waals surface area contributed by atoms with E-state index in [1.165, 1.54) is 100 Å². The second-order valence-electron chi connectivity index (χ2n) is 21.7. The molecule has 11 aromatic carbocycles. The minimum atomic E-state index is -0.262. The highest BCUT2D eigenvalue weighted by Gasteiger charge is 2.45. The summed E-state index contributed by atoms with van der Waals surface area (Å²) < 4.78 is 0. The van der Waals surface area contributed by atoms with Crippen molar-refractivity contribution in [2.45, 2.75) is 71.5 Å². The van der Waals surface area contributed by atoms with Crippen molar-refractivity contribution < 1.29 is 0 Å². The summed E-state index contributed by atoms with van der Waals surface area (Å²) in [4.78, 5) is 5.06. The zero-order valence-corrected chi connectivity index (χ0v) is 47.2. The highest BCUT2D eigenvalue weighted by molar-refractivity contribution is 5.86. The van der Waals surface area contributed by atoms with E-state index in [0.29, 0.717) is 0 Å². The van der Waals surface area contributed by atoms with Gasteiger partial charge in [0.05, 0.1) is 5.41 Å². The number of aliphatic imine (C=N–C) groups is 1. The molecule has 0 amide bonds. The van der Waals surface area contributed by atoms with E-state index in [2.05, 4.69) is 332 Å². The summed E-state index contributed by atoms with van der Waals surface area (Å²) in [7, 11) is 0. The van der Waals surface area contributed by atoms with Crippen LogP contribution in [0.25, 0.3) is 44.5 Å². The van der Waals surface area contributed by atoms with Gasteiger partial charge in [0.2, 0.25) is 0 Å². The second kappa shape index (κ2) is 25.2. The molecule has 1 aliphatic rings. The van der Waals surface area contributed by atoms with Gasteiger partial charge in [0.25, 0.3) is 0 Å². The van der Waals surface area contributed by atoms with Gasteiger partial charge in [-0.15, -0.1) is 0 Å². The Kier molecular flexibility index (Phi) is 17.2. The fourth-order valence-corrected chi connectivity index (χ4v) is 11.3. The minimum Gasteiger partial charge on any atom is -0.283 e. The molecule has 2 nitrogen and oxygen atoms in total. The smallest absolute Gasteiger partial charge is 0.125 e. The predicted octanol–water partition coefficient (Wildman–Crippen LogP) is 19.9. The highest BCUT2D eigenvalue weighted by Crippen LogP contribution is 2.56. The molecule has 0 saturated carbocycles. The third-order valence-electron chi connectivity index (χ3n) is 15.6. The first-order chi connectivity index (χ1) is 39.1. The molecule has 0 spiro atoms. The van der Waals surface area contributed by atoms with Gasteiger partial charge >= 0.3 is 0 Å². The van der Waals surface area contributed by atoms with Gasteiger partial charge < -0.3 is 0 Å². The van der Waals surface area contributed by atoms with Crippen LogP contribution in [0.1, 0.15) is 87.6 Å². The van der Waals surface area contributed by atoms with E-state index in [9.17, 15) is 0 Å².